The topological polar surface area (TPSA) is 62.1 Å². The molecule has 0 aromatic heterocycles. The van der Waals surface area contributed by atoms with Crippen molar-refractivity contribution in [3.63, 3.8) is 0 Å². The number of nitrogens with zero attached hydrogens (tertiary/aromatic N) is 1. The number of halogens is 1. The second-order valence-electron chi connectivity index (χ2n) is 4.26. The lowest BCUT2D eigenvalue weighted by Gasteiger charge is -2.12. The molecule has 18 heavy (non-hydrogen) atoms. The van der Waals surface area contributed by atoms with Crippen LogP contribution in [-0.4, -0.2) is 19.1 Å². The van der Waals surface area contributed by atoms with Crippen LogP contribution >= 0.6 is 15.9 Å². The van der Waals surface area contributed by atoms with Gasteiger partial charge in [-0.05, 0) is 52.9 Å². The van der Waals surface area contributed by atoms with Crippen LogP contribution in [0, 0.1) is 17.2 Å². The summed E-state index contributed by atoms with van der Waals surface area (Å²) >= 11 is 3.33. The van der Waals surface area contributed by atoms with Crippen molar-refractivity contribution in [2.45, 2.75) is 18.9 Å². The van der Waals surface area contributed by atoms with Crippen LogP contribution in [0.2, 0.25) is 0 Å². The lowest BCUT2D eigenvalue weighted by molar-refractivity contribution is 0.0940. The smallest absolute Gasteiger partial charge is 0.253 e. The number of amides is 1. The largest absolute Gasteiger partial charge is 0.497 e. The minimum atomic E-state index is -0.393. The number of carbonyl (C=O) groups is 1. The number of rotatable bonds is 4. The van der Waals surface area contributed by atoms with E-state index in [1.54, 1.807) is 25.3 Å². The monoisotopic (exact) mass is 308 g/mol. The van der Waals surface area contributed by atoms with Crippen LogP contribution < -0.4 is 10.1 Å². The van der Waals surface area contributed by atoms with Crippen LogP contribution in [-0.2, 0) is 0 Å². The molecule has 1 saturated carbocycles. The number of benzene rings is 1. The Bertz CT molecular complexity index is 506. The Kier molecular flexibility index (Phi) is 3.87. The first-order chi connectivity index (χ1) is 8.65. The van der Waals surface area contributed by atoms with E-state index in [1.807, 2.05) is 0 Å². The first-order valence-electron chi connectivity index (χ1n) is 5.69. The fraction of sp³-hybridized carbons (Fsp3) is 0.385. The number of ether oxygens (including phenoxy) is 1. The fourth-order valence-electron chi connectivity index (χ4n) is 1.71. The van der Waals surface area contributed by atoms with Crippen LogP contribution in [0.1, 0.15) is 23.2 Å². The van der Waals surface area contributed by atoms with Crippen LogP contribution in [0.25, 0.3) is 0 Å². The molecule has 0 heterocycles. The van der Waals surface area contributed by atoms with Crippen molar-refractivity contribution < 1.29 is 9.53 Å². The van der Waals surface area contributed by atoms with Crippen molar-refractivity contribution in [1.29, 1.82) is 5.26 Å². The zero-order valence-electron chi connectivity index (χ0n) is 9.94. The van der Waals surface area contributed by atoms with Gasteiger partial charge in [-0.2, -0.15) is 5.26 Å². The lowest BCUT2D eigenvalue weighted by Crippen LogP contribution is -2.35. The quantitative estimate of drug-likeness (QED) is 0.929. The number of carbonyl (C=O) groups excluding carboxylic acids is 1. The van der Waals surface area contributed by atoms with Crippen LogP contribution in [0.4, 0.5) is 0 Å². The normalized spacial score (nSPS) is 15.6. The SMILES string of the molecule is COc1ccc(Br)c(C(=O)NC(C#N)C2CC2)c1. The molecule has 1 atom stereocenters. The Hall–Kier alpha value is -1.54. The van der Waals surface area contributed by atoms with E-state index in [0.29, 0.717) is 21.7 Å². The molecule has 0 radical (unpaired) electrons. The van der Waals surface area contributed by atoms with E-state index >= 15 is 0 Å². The summed E-state index contributed by atoms with van der Waals surface area (Å²) in [6, 6.07) is 6.92. The number of nitriles is 1. The molecule has 0 saturated heterocycles. The summed E-state index contributed by atoms with van der Waals surface area (Å²) in [6.45, 7) is 0. The molecule has 94 valence electrons. The van der Waals surface area contributed by atoms with Crippen LogP contribution in [0.5, 0.6) is 5.75 Å². The third-order valence-corrected chi connectivity index (χ3v) is 3.63. The summed E-state index contributed by atoms with van der Waals surface area (Å²) in [6.07, 6.45) is 2.02. The van der Waals surface area contributed by atoms with Crippen molar-refractivity contribution in [2.24, 2.45) is 5.92 Å². The molecule has 1 unspecified atom stereocenters. The lowest BCUT2D eigenvalue weighted by atomic mass is 10.1. The highest BCUT2D eigenvalue weighted by atomic mass is 79.9. The van der Waals surface area contributed by atoms with Crippen LogP contribution in [0.3, 0.4) is 0 Å². The molecule has 1 aliphatic carbocycles. The van der Waals surface area contributed by atoms with Crippen molar-refractivity contribution >= 4 is 21.8 Å². The standard InChI is InChI=1S/C13H13BrN2O2/c1-18-9-4-5-11(14)10(6-9)13(17)16-12(7-15)8-2-3-8/h4-6,8,12H,2-3H2,1H3,(H,16,17). The molecule has 1 aliphatic rings. The van der Waals surface area contributed by atoms with Gasteiger partial charge >= 0.3 is 0 Å². The maximum atomic E-state index is 12.1. The fourth-order valence-corrected chi connectivity index (χ4v) is 2.14. The van der Waals surface area contributed by atoms with E-state index in [-0.39, 0.29) is 5.91 Å². The maximum Gasteiger partial charge on any atom is 0.253 e. The molecule has 0 bridgehead atoms. The molecular formula is C13H13BrN2O2. The Labute approximate surface area is 114 Å². The summed E-state index contributed by atoms with van der Waals surface area (Å²) in [4.78, 5) is 12.1. The second kappa shape index (κ2) is 5.40. The van der Waals surface area contributed by atoms with Gasteiger partial charge in [0.15, 0.2) is 0 Å². The van der Waals surface area contributed by atoms with Gasteiger partial charge in [0.1, 0.15) is 11.8 Å². The Balaban J connectivity index is 2.15. The van der Waals surface area contributed by atoms with Crippen molar-refractivity contribution in [3.8, 4) is 11.8 Å². The third kappa shape index (κ3) is 2.82. The molecule has 1 aromatic rings. The molecule has 0 aliphatic heterocycles. The van der Waals surface area contributed by atoms with E-state index < -0.39 is 6.04 Å². The Morgan fingerprint density at radius 1 is 1.61 bits per heavy atom. The number of methoxy groups -OCH3 is 1. The van der Waals surface area contributed by atoms with Crippen molar-refractivity contribution in [3.05, 3.63) is 28.2 Å². The summed E-state index contributed by atoms with van der Waals surface area (Å²) in [5.74, 6) is 0.672. The molecule has 4 nitrogen and oxygen atoms in total. The Morgan fingerprint density at radius 2 is 2.33 bits per heavy atom. The number of hydrogen-bond acceptors (Lipinski definition) is 3. The van der Waals surface area contributed by atoms with Gasteiger partial charge in [0.25, 0.3) is 5.91 Å². The second-order valence-corrected chi connectivity index (χ2v) is 5.12. The minimum Gasteiger partial charge on any atom is -0.497 e. The van der Waals surface area contributed by atoms with Gasteiger partial charge in [0, 0.05) is 4.47 Å². The molecular weight excluding hydrogens is 296 g/mol. The van der Waals surface area contributed by atoms with E-state index in [2.05, 4.69) is 27.3 Å². The highest BCUT2D eigenvalue weighted by molar-refractivity contribution is 9.10. The predicted molar refractivity (Wildman–Crippen MR) is 70.3 cm³/mol. The van der Waals surface area contributed by atoms with Gasteiger partial charge < -0.3 is 10.1 Å². The molecule has 1 N–H and O–H groups in total. The molecule has 1 aromatic carbocycles. The van der Waals surface area contributed by atoms with E-state index in [0.717, 1.165) is 12.8 Å². The Morgan fingerprint density at radius 3 is 2.89 bits per heavy atom. The van der Waals surface area contributed by atoms with E-state index in [1.165, 1.54) is 0 Å². The zero-order valence-corrected chi connectivity index (χ0v) is 11.5. The molecule has 5 heteroatoms. The number of nitrogens with one attached hydrogen (secondary N) is 1. The van der Waals surface area contributed by atoms with Crippen LogP contribution in [0.15, 0.2) is 22.7 Å². The first kappa shape index (κ1) is 12.9. The highest BCUT2D eigenvalue weighted by Gasteiger charge is 2.32. The summed E-state index contributed by atoms with van der Waals surface area (Å²) in [7, 11) is 1.55. The average Bonchev–Trinajstić information content (AvgIpc) is 3.20. The highest BCUT2D eigenvalue weighted by Crippen LogP contribution is 2.32. The zero-order chi connectivity index (χ0) is 13.1. The summed E-state index contributed by atoms with van der Waals surface area (Å²) in [5.41, 5.74) is 0.482. The average molecular weight is 309 g/mol. The summed E-state index contributed by atoms with van der Waals surface area (Å²) in [5, 5.41) is 11.8. The minimum absolute atomic E-state index is 0.251. The third-order valence-electron chi connectivity index (χ3n) is 2.94. The van der Waals surface area contributed by atoms with Gasteiger partial charge in [-0.15, -0.1) is 0 Å². The van der Waals surface area contributed by atoms with Gasteiger partial charge in [-0.1, -0.05) is 0 Å². The first-order valence-corrected chi connectivity index (χ1v) is 6.49. The maximum absolute atomic E-state index is 12.1. The van der Waals surface area contributed by atoms with Gasteiger partial charge in [0.2, 0.25) is 0 Å². The molecule has 2 rings (SSSR count). The van der Waals surface area contributed by atoms with Gasteiger partial charge in [-0.3, -0.25) is 4.79 Å². The molecule has 1 amide bonds. The van der Waals surface area contributed by atoms with E-state index in [9.17, 15) is 4.79 Å². The van der Waals surface area contributed by atoms with Gasteiger partial charge in [-0.25, -0.2) is 0 Å². The predicted octanol–water partition coefficient (Wildman–Crippen LogP) is 2.49. The summed E-state index contributed by atoms with van der Waals surface area (Å²) < 4.78 is 5.77. The van der Waals surface area contributed by atoms with Gasteiger partial charge in [0.05, 0.1) is 18.7 Å². The van der Waals surface area contributed by atoms with E-state index in [4.69, 9.17) is 10.00 Å². The number of hydrogen-bond donors (Lipinski definition) is 1. The molecule has 0 spiro atoms. The van der Waals surface area contributed by atoms with Crippen molar-refractivity contribution in [1.82, 2.24) is 5.32 Å². The molecule has 1 fully saturated rings. The van der Waals surface area contributed by atoms with Crippen molar-refractivity contribution in [2.75, 3.05) is 7.11 Å².